The van der Waals surface area contributed by atoms with Gasteiger partial charge >= 0.3 is 0 Å². The van der Waals surface area contributed by atoms with E-state index in [1.54, 1.807) is 6.92 Å². The van der Waals surface area contributed by atoms with Gasteiger partial charge in [-0.05, 0) is 26.3 Å². The van der Waals surface area contributed by atoms with Gasteiger partial charge in [0.15, 0.2) is 0 Å². The molecule has 0 aliphatic carbocycles. The summed E-state index contributed by atoms with van der Waals surface area (Å²) in [5.41, 5.74) is 0. The fraction of sp³-hybridized carbons (Fsp3) is 0.900. The lowest BCUT2D eigenvalue weighted by Crippen LogP contribution is -2.53. The van der Waals surface area contributed by atoms with Crippen LogP contribution in [0.5, 0.6) is 0 Å². The van der Waals surface area contributed by atoms with Crippen molar-refractivity contribution in [2.45, 2.75) is 39.3 Å². The number of nitrogens with zero attached hydrogens (tertiary/aromatic N) is 1. The van der Waals surface area contributed by atoms with Gasteiger partial charge < -0.3 is 10.2 Å². The molecule has 3 heteroatoms. The molecule has 0 aromatic carbocycles. The zero-order valence-corrected chi connectivity index (χ0v) is 9.00. The number of likely N-dealkylation sites (N-methyl/N-ethyl adjacent to an activating group) is 1. The molecule has 1 fully saturated rings. The smallest absolute Gasteiger partial charge is 0.217 e. The Hall–Kier alpha value is -0.570. The fourth-order valence-corrected chi connectivity index (χ4v) is 2.00. The van der Waals surface area contributed by atoms with E-state index < -0.39 is 0 Å². The minimum atomic E-state index is 0.0832. The molecule has 3 nitrogen and oxygen atoms in total. The van der Waals surface area contributed by atoms with Crippen LogP contribution in [0.3, 0.4) is 0 Å². The second-order valence-corrected chi connectivity index (χ2v) is 4.31. The van der Waals surface area contributed by atoms with Crippen LogP contribution in [0, 0.1) is 5.92 Å². The molecule has 0 radical (unpaired) electrons. The molecule has 0 spiro atoms. The summed E-state index contributed by atoms with van der Waals surface area (Å²) < 4.78 is 0. The van der Waals surface area contributed by atoms with Gasteiger partial charge in [0.25, 0.3) is 0 Å². The number of hydrogen-bond donors (Lipinski definition) is 1. The number of carbonyl (C=O) groups is 1. The van der Waals surface area contributed by atoms with E-state index in [0.29, 0.717) is 18.0 Å². The van der Waals surface area contributed by atoms with Crippen LogP contribution in [0.1, 0.15) is 27.2 Å². The molecule has 1 aliphatic heterocycles. The number of amides is 1. The summed E-state index contributed by atoms with van der Waals surface area (Å²) in [4.78, 5) is 13.2. The van der Waals surface area contributed by atoms with Crippen molar-refractivity contribution < 1.29 is 4.79 Å². The number of carbonyl (C=O) groups excluding carboxylic acids is 1. The summed E-state index contributed by atoms with van der Waals surface area (Å²) in [6.45, 7) is 7.01. The first-order chi connectivity index (χ1) is 6.00. The zero-order valence-electron chi connectivity index (χ0n) is 9.00. The maximum absolute atomic E-state index is 10.9. The first kappa shape index (κ1) is 10.5. The van der Waals surface area contributed by atoms with Gasteiger partial charge in [0.2, 0.25) is 5.91 Å². The van der Waals surface area contributed by atoms with Crippen molar-refractivity contribution >= 4 is 5.91 Å². The highest BCUT2D eigenvalue weighted by molar-refractivity contribution is 5.73. The van der Waals surface area contributed by atoms with Gasteiger partial charge in [0.1, 0.15) is 0 Å². The monoisotopic (exact) mass is 184 g/mol. The van der Waals surface area contributed by atoms with Crippen molar-refractivity contribution in [3.05, 3.63) is 0 Å². The summed E-state index contributed by atoms with van der Waals surface area (Å²) >= 11 is 0. The van der Waals surface area contributed by atoms with Crippen LogP contribution in [0.4, 0.5) is 0 Å². The van der Waals surface area contributed by atoms with E-state index in [1.807, 2.05) is 0 Å². The summed E-state index contributed by atoms with van der Waals surface area (Å²) in [5, 5.41) is 3.00. The molecule has 1 heterocycles. The number of likely N-dealkylation sites (tertiary alicyclic amines) is 1. The summed E-state index contributed by atoms with van der Waals surface area (Å²) in [6.07, 6.45) is 1.17. The quantitative estimate of drug-likeness (QED) is 0.655. The van der Waals surface area contributed by atoms with E-state index >= 15 is 0 Å². The second-order valence-electron chi connectivity index (χ2n) is 4.31. The standard InChI is InChI=1S/C10H20N2O/c1-7-5-8(2)12(4)6-10(7)11-9(3)13/h7-8,10H,5-6H2,1-4H3,(H,11,13). The second kappa shape index (κ2) is 4.09. The highest BCUT2D eigenvalue weighted by Gasteiger charge is 2.28. The van der Waals surface area contributed by atoms with Crippen LogP contribution in [0.2, 0.25) is 0 Å². The Kier molecular flexibility index (Phi) is 3.31. The van der Waals surface area contributed by atoms with Crippen molar-refractivity contribution in [3.63, 3.8) is 0 Å². The number of nitrogens with one attached hydrogen (secondary N) is 1. The Morgan fingerprint density at radius 3 is 2.62 bits per heavy atom. The van der Waals surface area contributed by atoms with E-state index in [4.69, 9.17) is 0 Å². The Bertz CT molecular complexity index is 193. The Morgan fingerprint density at radius 1 is 1.46 bits per heavy atom. The van der Waals surface area contributed by atoms with Gasteiger partial charge in [-0.2, -0.15) is 0 Å². The fourth-order valence-electron chi connectivity index (χ4n) is 2.00. The highest BCUT2D eigenvalue weighted by atomic mass is 16.1. The number of hydrogen-bond acceptors (Lipinski definition) is 2. The van der Waals surface area contributed by atoms with Gasteiger partial charge in [0.05, 0.1) is 0 Å². The Morgan fingerprint density at radius 2 is 2.08 bits per heavy atom. The van der Waals surface area contributed by atoms with Gasteiger partial charge in [-0.15, -0.1) is 0 Å². The molecule has 1 saturated heterocycles. The molecule has 76 valence electrons. The third-order valence-electron chi connectivity index (χ3n) is 3.03. The van der Waals surface area contributed by atoms with Crippen LogP contribution in [-0.4, -0.2) is 36.5 Å². The molecule has 13 heavy (non-hydrogen) atoms. The first-order valence-corrected chi connectivity index (χ1v) is 4.98. The minimum Gasteiger partial charge on any atom is -0.352 e. The maximum Gasteiger partial charge on any atom is 0.217 e. The number of rotatable bonds is 1. The zero-order chi connectivity index (χ0) is 10.0. The van der Waals surface area contributed by atoms with Gasteiger partial charge in [0, 0.05) is 25.6 Å². The third kappa shape index (κ3) is 2.69. The van der Waals surface area contributed by atoms with Crippen molar-refractivity contribution in [1.29, 1.82) is 0 Å². The average molecular weight is 184 g/mol. The van der Waals surface area contributed by atoms with Crippen LogP contribution in [0.15, 0.2) is 0 Å². The van der Waals surface area contributed by atoms with E-state index in [1.165, 1.54) is 6.42 Å². The van der Waals surface area contributed by atoms with Gasteiger partial charge in [-0.25, -0.2) is 0 Å². The topological polar surface area (TPSA) is 32.3 Å². The summed E-state index contributed by atoms with van der Waals surface area (Å²) in [5.74, 6) is 0.676. The van der Waals surface area contributed by atoms with Gasteiger partial charge in [-0.1, -0.05) is 6.92 Å². The molecule has 0 saturated carbocycles. The highest BCUT2D eigenvalue weighted by Crippen LogP contribution is 2.21. The van der Waals surface area contributed by atoms with Gasteiger partial charge in [-0.3, -0.25) is 4.79 Å². The molecule has 1 aliphatic rings. The molecule has 0 bridgehead atoms. The molecular formula is C10H20N2O. The summed E-state index contributed by atoms with van der Waals surface area (Å²) in [6, 6.07) is 0.971. The molecule has 1 N–H and O–H groups in total. The molecule has 3 unspecified atom stereocenters. The lowest BCUT2D eigenvalue weighted by atomic mass is 9.89. The lowest BCUT2D eigenvalue weighted by molar-refractivity contribution is -0.120. The van der Waals surface area contributed by atoms with Crippen molar-refractivity contribution in [1.82, 2.24) is 10.2 Å². The molecule has 1 amide bonds. The number of piperidine rings is 1. The predicted octanol–water partition coefficient (Wildman–Crippen LogP) is 0.851. The maximum atomic E-state index is 10.9. The summed E-state index contributed by atoms with van der Waals surface area (Å²) in [7, 11) is 2.12. The van der Waals surface area contributed by atoms with Crippen molar-refractivity contribution in [2.75, 3.05) is 13.6 Å². The van der Waals surface area contributed by atoms with E-state index in [0.717, 1.165) is 6.54 Å². The Labute approximate surface area is 80.5 Å². The lowest BCUT2D eigenvalue weighted by Gasteiger charge is -2.39. The largest absolute Gasteiger partial charge is 0.352 e. The van der Waals surface area contributed by atoms with Crippen LogP contribution < -0.4 is 5.32 Å². The molecule has 0 aromatic heterocycles. The Balaban J connectivity index is 2.51. The van der Waals surface area contributed by atoms with E-state index in [-0.39, 0.29) is 5.91 Å². The van der Waals surface area contributed by atoms with Crippen molar-refractivity contribution in [3.8, 4) is 0 Å². The SMILES string of the molecule is CC(=O)NC1CN(C)C(C)CC1C. The van der Waals surface area contributed by atoms with Crippen LogP contribution in [0.25, 0.3) is 0 Å². The first-order valence-electron chi connectivity index (χ1n) is 4.98. The van der Waals surface area contributed by atoms with Crippen LogP contribution in [-0.2, 0) is 4.79 Å². The third-order valence-corrected chi connectivity index (χ3v) is 3.03. The normalized spacial score (nSPS) is 35.8. The van der Waals surface area contributed by atoms with Crippen LogP contribution >= 0.6 is 0 Å². The average Bonchev–Trinajstić information content (AvgIpc) is 1.99. The molecule has 1 rings (SSSR count). The minimum absolute atomic E-state index is 0.0832. The molecular weight excluding hydrogens is 164 g/mol. The predicted molar refractivity (Wildman–Crippen MR) is 53.5 cm³/mol. The van der Waals surface area contributed by atoms with E-state index in [9.17, 15) is 4.79 Å². The van der Waals surface area contributed by atoms with E-state index in [2.05, 4.69) is 31.1 Å². The molecule has 0 aromatic rings. The van der Waals surface area contributed by atoms with Crippen molar-refractivity contribution in [2.24, 2.45) is 5.92 Å². The molecule has 3 atom stereocenters.